The summed E-state index contributed by atoms with van der Waals surface area (Å²) in [7, 11) is -3.72. The largest absolute Gasteiger partial charge is 0.337 e. The van der Waals surface area contributed by atoms with E-state index in [2.05, 4.69) is 6.58 Å². The molecule has 1 heterocycles. The molecule has 1 saturated heterocycles. The van der Waals surface area contributed by atoms with Gasteiger partial charge in [0.25, 0.3) is 0 Å². The first-order chi connectivity index (χ1) is 9.87. The van der Waals surface area contributed by atoms with Crippen LogP contribution in [0, 0.1) is 0 Å². The highest BCUT2D eigenvalue weighted by Gasteiger charge is 2.31. The molecule has 1 aliphatic heterocycles. The fourth-order valence-electron chi connectivity index (χ4n) is 2.10. The molecule has 0 bridgehead atoms. The number of halogens is 2. The fraction of sp³-hybridized carbons (Fsp3) is 0.308. The summed E-state index contributed by atoms with van der Waals surface area (Å²) in [6, 6.07) is 4.49. The van der Waals surface area contributed by atoms with E-state index in [-0.39, 0.29) is 33.9 Å². The molecule has 0 aromatic heterocycles. The third kappa shape index (κ3) is 3.23. The van der Waals surface area contributed by atoms with Crippen molar-refractivity contribution in [2.75, 3.05) is 26.2 Å². The summed E-state index contributed by atoms with van der Waals surface area (Å²) in [5.74, 6) is -0.201. The van der Waals surface area contributed by atoms with E-state index in [9.17, 15) is 13.2 Å². The number of nitrogens with zero attached hydrogens (tertiary/aromatic N) is 2. The van der Waals surface area contributed by atoms with Crippen molar-refractivity contribution in [1.29, 1.82) is 0 Å². The van der Waals surface area contributed by atoms with Crippen LogP contribution in [0.5, 0.6) is 0 Å². The van der Waals surface area contributed by atoms with Crippen molar-refractivity contribution in [3.8, 4) is 0 Å². The Bertz CT molecular complexity index is 668. The van der Waals surface area contributed by atoms with Gasteiger partial charge in [-0.2, -0.15) is 4.31 Å². The second kappa shape index (κ2) is 6.36. The van der Waals surface area contributed by atoms with E-state index in [0.717, 1.165) is 0 Å². The maximum atomic E-state index is 12.6. The Kier molecular flexibility index (Phi) is 4.93. The Morgan fingerprint density at radius 1 is 1.19 bits per heavy atom. The summed E-state index contributed by atoms with van der Waals surface area (Å²) in [6.07, 6.45) is 1.22. The van der Waals surface area contributed by atoms with Gasteiger partial charge < -0.3 is 4.90 Å². The standard InChI is InChI=1S/C13H14Cl2N2O3S/c1-2-12(18)16-6-8-17(9-7-16)21(19,20)11-5-3-4-10(14)13(11)15/h2-5H,1,6-9H2. The van der Waals surface area contributed by atoms with Gasteiger partial charge >= 0.3 is 0 Å². The first-order valence-corrected chi connectivity index (χ1v) is 8.43. The van der Waals surface area contributed by atoms with Gasteiger partial charge in [-0.25, -0.2) is 8.42 Å². The molecule has 1 aliphatic rings. The van der Waals surface area contributed by atoms with Crippen molar-refractivity contribution in [2.24, 2.45) is 0 Å². The van der Waals surface area contributed by atoms with E-state index in [1.807, 2.05) is 0 Å². The highest BCUT2D eigenvalue weighted by atomic mass is 35.5. The molecule has 0 saturated carbocycles. The normalized spacial score (nSPS) is 16.8. The Balaban J connectivity index is 2.21. The lowest BCUT2D eigenvalue weighted by Crippen LogP contribution is -2.50. The van der Waals surface area contributed by atoms with Crippen LogP contribution in [0.25, 0.3) is 0 Å². The van der Waals surface area contributed by atoms with Crippen LogP contribution in [0.4, 0.5) is 0 Å². The molecule has 21 heavy (non-hydrogen) atoms. The summed E-state index contributed by atoms with van der Waals surface area (Å²) in [6.45, 7) is 4.49. The molecule has 0 radical (unpaired) electrons. The molecule has 1 fully saturated rings. The van der Waals surface area contributed by atoms with Crippen LogP contribution in [-0.2, 0) is 14.8 Å². The lowest BCUT2D eigenvalue weighted by Gasteiger charge is -2.33. The molecule has 0 aliphatic carbocycles. The molecule has 1 aromatic carbocycles. The number of hydrogen-bond acceptors (Lipinski definition) is 3. The predicted octanol–water partition coefficient (Wildman–Crippen LogP) is 2.01. The van der Waals surface area contributed by atoms with Crippen LogP contribution in [0.15, 0.2) is 35.7 Å². The van der Waals surface area contributed by atoms with Crippen LogP contribution in [0.1, 0.15) is 0 Å². The number of rotatable bonds is 3. The molecule has 5 nitrogen and oxygen atoms in total. The van der Waals surface area contributed by atoms with Crippen LogP contribution in [0.3, 0.4) is 0 Å². The molecule has 0 N–H and O–H groups in total. The van der Waals surface area contributed by atoms with Gasteiger partial charge in [0.2, 0.25) is 15.9 Å². The highest BCUT2D eigenvalue weighted by Crippen LogP contribution is 2.31. The smallest absolute Gasteiger partial charge is 0.246 e. The minimum atomic E-state index is -3.72. The van der Waals surface area contributed by atoms with E-state index in [1.165, 1.54) is 22.5 Å². The minimum Gasteiger partial charge on any atom is -0.337 e. The number of carbonyl (C=O) groups excluding carboxylic acids is 1. The molecule has 2 rings (SSSR count). The molecular formula is C13H14Cl2N2O3S. The number of benzene rings is 1. The maximum Gasteiger partial charge on any atom is 0.246 e. The van der Waals surface area contributed by atoms with Crippen LogP contribution in [-0.4, -0.2) is 49.7 Å². The third-order valence-electron chi connectivity index (χ3n) is 3.26. The number of sulfonamides is 1. The Morgan fingerprint density at radius 2 is 1.81 bits per heavy atom. The van der Waals surface area contributed by atoms with Crippen molar-refractivity contribution >= 4 is 39.1 Å². The monoisotopic (exact) mass is 348 g/mol. The Morgan fingerprint density at radius 3 is 2.38 bits per heavy atom. The number of carbonyl (C=O) groups is 1. The predicted molar refractivity (Wildman–Crippen MR) is 82.0 cm³/mol. The summed E-state index contributed by atoms with van der Waals surface area (Å²) in [5, 5.41) is 0.210. The maximum absolute atomic E-state index is 12.6. The second-order valence-electron chi connectivity index (χ2n) is 4.49. The molecule has 0 atom stereocenters. The first kappa shape index (κ1) is 16.3. The summed E-state index contributed by atoms with van der Waals surface area (Å²) >= 11 is 11.8. The highest BCUT2D eigenvalue weighted by molar-refractivity contribution is 7.89. The van der Waals surface area contributed by atoms with Gasteiger partial charge in [0.15, 0.2) is 0 Å². The second-order valence-corrected chi connectivity index (χ2v) is 7.18. The van der Waals surface area contributed by atoms with Crippen molar-refractivity contribution in [3.63, 3.8) is 0 Å². The number of hydrogen-bond donors (Lipinski definition) is 0. The van der Waals surface area contributed by atoms with E-state index in [0.29, 0.717) is 13.1 Å². The zero-order chi connectivity index (χ0) is 15.6. The van der Waals surface area contributed by atoms with Crippen LogP contribution < -0.4 is 0 Å². The summed E-state index contributed by atoms with van der Waals surface area (Å²) < 4.78 is 26.4. The lowest BCUT2D eigenvalue weighted by molar-refractivity contribution is -0.127. The number of amides is 1. The molecule has 0 unspecified atom stereocenters. The fourth-order valence-corrected chi connectivity index (χ4v) is 4.26. The van der Waals surface area contributed by atoms with E-state index >= 15 is 0 Å². The molecular weight excluding hydrogens is 335 g/mol. The quantitative estimate of drug-likeness (QED) is 0.785. The lowest BCUT2D eigenvalue weighted by atomic mass is 10.3. The Labute approximate surface area is 133 Å². The van der Waals surface area contributed by atoms with Gasteiger partial charge in [-0.05, 0) is 18.2 Å². The van der Waals surface area contributed by atoms with Gasteiger partial charge in [0, 0.05) is 26.2 Å². The van der Waals surface area contributed by atoms with Gasteiger partial charge in [0.1, 0.15) is 4.90 Å². The van der Waals surface area contributed by atoms with Crippen molar-refractivity contribution in [2.45, 2.75) is 4.90 Å². The SMILES string of the molecule is C=CC(=O)N1CCN(S(=O)(=O)c2cccc(Cl)c2Cl)CC1. The summed E-state index contributed by atoms with van der Waals surface area (Å²) in [4.78, 5) is 13.0. The zero-order valence-electron chi connectivity index (χ0n) is 11.1. The van der Waals surface area contributed by atoms with Crippen molar-refractivity contribution < 1.29 is 13.2 Å². The van der Waals surface area contributed by atoms with Gasteiger partial charge in [-0.3, -0.25) is 4.79 Å². The Hall–Kier alpha value is -1.08. The van der Waals surface area contributed by atoms with Gasteiger partial charge in [0.05, 0.1) is 10.0 Å². The first-order valence-electron chi connectivity index (χ1n) is 6.23. The summed E-state index contributed by atoms with van der Waals surface area (Å²) in [5.41, 5.74) is 0. The van der Waals surface area contributed by atoms with E-state index in [4.69, 9.17) is 23.2 Å². The average molecular weight is 349 g/mol. The third-order valence-corrected chi connectivity index (χ3v) is 6.13. The average Bonchev–Trinajstić information content (AvgIpc) is 2.49. The number of piperazine rings is 1. The van der Waals surface area contributed by atoms with E-state index in [1.54, 1.807) is 11.0 Å². The zero-order valence-corrected chi connectivity index (χ0v) is 13.5. The van der Waals surface area contributed by atoms with Gasteiger partial charge in [-0.15, -0.1) is 0 Å². The molecule has 114 valence electrons. The molecule has 1 amide bonds. The molecule has 0 spiro atoms. The van der Waals surface area contributed by atoms with Crippen LogP contribution >= 0.6 is 23.2 Å². The van der Waals surface area contributed by atoms with Gasteiger partial charge in [-0.1, -0.05) is 35.8 Å². The van der Waals surface area contributed by atoms with Crippen molar-refractivity contribution in [3.05, 3.63) is 40.9 Å². The molecule has 1 aromatic rings. The van der Waals surface area contributed by atoms with E-state index < -0.39 is 10.0 Å². The van der Waals surface area contributed by atoms with Crippen molar-refractivity contribution in [1.82, 2.24) is 9.21 Å². The molecule has 8 heteroatoms. The topological polar surface area (TPSA) is 57.7 Å². The minimum absolute atomic E-state index is 0.0137. The van der Waals surface area contributed by atoms with Crippen LogP contribution in [0.2, 0.25) is 10.0 Å².